The molecule has 0 aliphatic rings. The van der Waals surface area contributed by atoms with Crippen LogP contribution in [0.5, 0.6) is 0 Å². The number of hydrogen-bond donors (Lipinski definition) is 3. The topological polar surface area (TPSA) is 88.0 Å². The van der Waals surface area contributed by atoms with Gasteiger partial charge >= 0.3 is 6.03 Å². The third-order valence-electron chi connectivity index (χ3n) is 5.44. The standard InChI is InChI=1S/C27H26ClN5O2/c28-24-12-8-20(9-13-24)16-30-27(35)31-18-26(34)29-17-23-4-1-2-5-25(23)22-10-6-21(7-11-22)19-33-15-3-14-32-33/h1-15H,16-19H2,(H,29,34)(H2,30,31,35). The number of aromatic nitrogens is 2. The van der Waals surface area contributed by atoms with Crippen molar-refractivity contribution in [3.05, 3.63) is 113 Å². The Morgan fingerprint density at radius 1 is 0.800 bits per heavy atom. The van der Waals surface area contributed by atoms with Gasteiger partial charge in [-0.15, -0.1) is 0 Å². The highest BCUT2D eigenvalue weighted by molar-refractivity contribution is 6.30. The van der Waals surface area contributed by atoms with Gasteiger partial charge < -0.3 is 16.0 Å². The van der Waals surface area contributed by atoms with Crippen molar-refractivity contribution in [2.45, 2.75) is 19.6 Å². The second-order valence-corrected chi connectivity index (χ2v) is 8.43. The fourth-order valence-electron chi connectivity index (χ4n) is 3.59. The summed E-state index contributed by atoms with van der Waals surface area (Å²) >= 11 is 5.86. The van der Waals surface area contributed by atoms with Crippen molar-refractivity contribution in [1.29, 1.82) is 0 Å². The van der Waals surface area contributed by atoms with Crippen LogP contribution < -0.4 is 16.0 Å². The number of nitrogens with one attached hydrogen (secondary N) is 3. The average Bonchev–Trinajstić information content (AvgIpc) is 3.39. The molecule has 35 heavy (non-hydrogen) atoms. The molecule has 3 N–H and O–H groups in total. The fraction of sp³-hybridized carbons (Fsp3) is 0.148. The van der Waals surface area contributed by atoms with Crippen LogP contribution in [0.15, 0.2) is 91.3 Å². The Morgan fingerprint density at radius 3 is 2.29 bits per heavy atom. The molecule has 7 nitrogen and oxygen atoms in total. The molecule has 0 saturated carbocycles. The van der Waals surface area contributed by atoms with Gasteiger partial charge in [0.05, 0.1) is 13.1 Å². The second-order valence-electron chi connectivity index (χ2n) is 8.00. The van der Waals surface area contributed by atoms with E-state index in [2.05, 4.69) is 45.3 Å². The summed E-state index contributed by atoms with van der Waals surface area (Å²) in [5.41, 5.74) is 5.18. The molecule has 0 fully saturated rings. The SMILES string of the molecule is O=C(CNC(=O)NCc1ccc(Cl)cc1)NCc1ccccc1-c1ccc(Cn2cccn2)cc1. The number of halogens is 1. The molecule has 4 aromatic rings. The molecule has 0 unspecified atom stereocenters. The van der Waals surface area contributed by atoms with Crippen LogP contribution in [0.25, 0.3) is 11.1 Å². The van der Waals surface area contributed by atoms with E-state index in [1.165, 1.54) is 0 Å². The predicted octanol–water partition coefficient (Wildman–Crippen LogP) is 4.37. The van der Waals surface area contributed by atoms with Gasteiger partial charge in [-0.2, -0.15) is 5.10 Å². The summed E-state index contributed by atoms with van der Waals surface area (Å²) in [5.74, 6) is -0.268. The van der Waals surface area contributed by atoms with E-state index < -0.39 is 6.03 Å². The number of nitrogens with zero attached hydrogens (tertiary/aromatic N) is 2. The van der Waals surface area contributed by atoms with Crippen LogP contribution in [0.2, 0.25) is 5.02 Å². The number of amides is 3. The van der Waals surface area contributed by atoms with E-state index in [0.29, 0.717) is 24.7 Å². The van der Waals surface area contributed by atoms with Crippen LogP contribution in [0, 0.1) is 0 Å². The molecule has 8 heteroatoms. The Balaban J connectivity index is 1.26. The van der Waals surface area contributed by atoms with Crippen molar-refractivity contribution in [2.75, 3.05) is 6.54 Å². The van der Waals surface area contributed by atoms with E-state index in [1.54, 1.807) is 18.3 Å². The molecule has 3 aromatic carbocycles. The number of hydrogen-bond acceptors (Lipinski definition) is 3. The minimum atomic E-state index is -0.411. The van der Waals surface area contributed by atoms with Crippen molar-refractivity contribution in [1.82, 2.24) is 25.7 Å². The first-order valence-electron chi connectivity index (χ1n) is 11.2. The summed E-state index contributed by atoms with van der Waals surface area (Å²) < 4.78 is 1.88. The lowest BCUT2D eigenvalue weighted by Crippen LogP contribution is -2.41. The first kappa shape index (κ1) is 24.0. The van der Waals surface area contributed by atoms with Gasteiger partial charge in [0.25, 0.3) is 0 Å². The normalized spacial score (nSPS) is 10.5. The highest BCUT2D eigenvalue weighted by Crippen LogP contribution is 2.24. The third-order valence-corrected chi connectivity index (χ3v) is 5.69. The van der Waals surface area contributed by atoms with Gasteiger partial charge in [0.2, 0.25) is 5.91 Å². The smallest absolute Gasteiger partial charge is 0.315 e. The van der Waals surface area contributed by atoms with E-state index in [9.17, 15) is 9.59 Å². The predicted molar refractivity (Wildman–Crippen MR) is 137 cm³/mol. The first-order chi connectivity index (χ1) is 17.1. The second kappa shape index (κ2) is 11.9. The van der Waals surface area contributed by atoms with Crippen molar-refractivity contribution >= 4 is 23.5 Å². The minimum absolute atomic E-state index is 0.114. The fourth-order valence-corrected chi connectivity index (χ4v) is 3.72. The summed E-state index contributed by atoms with van der Waals surface area (Å²) in [6, 6.07) is 24.9. The van der Waals surface area contributed by atoms with Crippen molar-refractivity contribution in [3.8, 4) is 11.1 Å². The maximum atomic E-state index is 12.3. The van der Waals surface area contributed by atoms with Gasteiger partial charge in [0.1, 0.15) is 0 Å². The van der Waals surface area contributed by atoms with Crippen LogP contribution >= 0.6 is 11.6 Å². The number of carbonyl (C=O) groups is 2. The molecular formula is C27H26ClN5O2. The molecule has 1 heterocycles. The van der Waals surface area contributed by atoms with Gasteiger partial charge in [-0.3, -0.25) is 9.48 Å². The number of benzene rings is 3. The van der Waals surface area contributed by atoms with Crippen LogP contribution in [0.4, 0.5) is 4.79 Å². The Kier molecular flexibility index (Phi) is 8.14. The molecule has 0 spiro atoms. The molecule has 0 aliphatic carbocycles. The van der Waals surface area contributed by atoms with E-state index in [0.717, 1.165) is 27.8 Å². The van der Waals surface area contributed by atoms with Gasteiger partial charge in [0.15, 0.2) is 0 Å². The van der Waals surface area contributed by atoms with Crippen molar-refractivity contribution in [3.63, 3.8) is 0 Å². The van der Waals surface area contributed by atoms with Crippen molar-refractivity contribution < 1.29 is 9.59 Å². The zero-order valence-corrected chi connectivity index (χ0v) is 19.8. The van der Waals surface area contributed by atoms with Crippen LogP contribution in [-0.2, 0) is 24.4 Å². The minimum Gasteiger partial charge on any atom is -0.350 e. The quantitative estimate of drug-likeness (QED) is 0.327. The van der Waals surface area contributed by atoms with Gasteiger partial charge in [0, 0.05) is 30.5 Å². The maximum absolute atomic E-state index is 12.3. The molecule has 0 saturated heterocycles. The lowest BCUT2D eigenvalue weighted by atomic mass is 9.98. The molecule has 0 atom stereocenters. The van der Waals surface area contributed by atoms with Gasteiger partial charge in [-0.25, -0.2) is 4.79 Å². The summed E-state index contributed by atoms with van der Waals surface area (Å²) in [6.45, 7) is 1.30. The lowest BCUT2D eigenvalue weighted by molar-refractivity contribution is -0.120. The van der Waals surface area contributed by atoms with E-state index >= 15 is 0 Å². The molecule has 0 aliphatic heterocycles. The zero-order chi connectivity index (χ0) is 24.5. The maximum Gasteiger partial charge on any atom is 0.315 e. The van der Waals surface area contributed by atoms with Crippen LogP contribution in [0.3, 0.4) is 0 Å². The zero-order valence-electron chi connectivity index (χ0n) is 19.1. The van der Waals surface area contributed by atoms with Crippen LogP contribution in [0.1, 0.15) is 16.7 Å². The summed E-state index contributed by atoms with van der Waals surface area (Å²) in [7, 11) is 0. The van der Waals surface area contributed by atoms with Gasteiger partial charge in [-0.05, 0) is 46.0 Å². The van der Waals surface area contributed by atoms with Crippen molar-refractivity contribution in [2.24, 2.45) is 0 Å². The Labute approximate surface area is 209 Å². The Bertz CT molecular complexity index is 1260. The number of rotatable bonds is 9. The molecule has 0 radical (unpaired) electrons. The molecule has 1 aromatic heterocycles. The van der Waals surface area contributed by atoms with Gasteiger partial charge in [-0.1, -0.05) is 72.3 Å². The largest absolute Gasteiger partial charge is 0.350 e. The average molecular weight is 488 g/mol. The molecular weight excluding hydrogens is 462 g/mol. The number of carbonyl (C=O) groups excluding carboxylic acids is 2. The molecule has 4 rings (SSSR count). The Morgan fingerprint density at radius 2 is 1.54 bits per heavy atom. The van der Waals surface area contributed by atoms with E-state index in [-0.39, 0.29) is 12.5 Å². The van der Waals surface area contributed by atoms with E-state index in [1.807, 2.05) is 53.3 Å². The monoisotopic (exact) mass is 487 g/mol. The number of urea groups is 1. The first-order valence-corrected chi connectivity index (χ1v) is 11.6. The molecule has 0 bridgehead atoms. The molecule has 3 amide bonds. The highest BCUT2D eigenvalue weighted by atomic mass is 35.5. The summed E-state index contributed by atoms with van der Waals surface area (Å²) in [4.78, 5) is 24.3. The lowest BCUT2D eigenvalue weighted by Gasteiger charge is -2.12. The van der Waals surface area contributed by atoms with Crippen LogP contribution in [-0.4, -0.2) is 28.3 Å². The molecule has 178 valence electrons. The van der Waals surface area contributed by atoms with E-state index in [4.69, 9.17) is 11.6 Å². The summed E-state index contributed by atoms with van der Waals surface area (Å²) in [6.07, 6.45) is 3.70. The Hall–Kier alpha value is -4.10. The summed E-state index contributed by atoms with van der Waals surface area (Å²) in [5, 5.41) is 13.1. The highest BCUT2D eigenvalue weighted by Gasteiger charge is 2.09. The third kappa shape index (κ3) is 7.19.